The van der Waals surface area contributed by atoms with E-state index in [1.807, 2.05) is 12.1 Å². The van der Waals surface area contributed by atoms with Crippen LogP contribution in [0.3, 0.4) is 0 Å². The summed E-state index contributed by atoms with van der Waals surface area (Å²) >= 11 is 0. The summed E-state index contributed by atoms with van der Waals surface area (Å²) in [6.45, 7) is 3.15. The molecule has 0 bridgehead atoms. The average Bonchev–Trinajstić information content (AvgIpc) is 2.80. The maximum Gasteiger partial charge on any atom is 0.435 e. The number of halogens is 1. The number of carboxylic acids is 1. The van der Waals surface area contributed by atoms with Gasteiger partial charge in [-0.05, 0) is 36.6 Å². The van der Waals surface area contributed by atoms with Crippen LogP contribution in [0.4, 0.5) is 15.3 Å². The Kier molecular flexibility index (Phi) is 7.32. The van der Waals surface area contributed by atoms with Crippen LogP contribution < -0.4 is 9.64 Å². The number of hydrogen-bond donors (Lipinski definition) is 2. The van der Waals surface area contributed by atoms with Crippen molar-refractivity contribution in [1.29, 1.82) is 0 Å². The molecule has 1 atom stereocenters. The summed E-state index contributed by atoms with van der Waals surface area (Å²) in [5, 5.41) is 21.5. The van der Waals surface area contributed by atoms with Crippen LogP contribution in [0.1, 0.15) is 16.7 Å². The summed E-state index contributed by atoms with van der Waals surface area (Å²) in [5.41, 5.74) is 0.720. The van der Waals surface area contributed by atoms with Crippen molar-refractivity contribution in [3.63, 3.8) is 0 Å². The van der Waals surface area contributed by atoms with E-state index in [-0.39, 0.29) is 17.0 Å². The normalized spacial score (nSPS) is 16.0. The van der Waals surface area contributed by atoms with Gasteiger partial charge in [0, 0.05) is 36.0 Å². The lowest BCUT2D eigenvalue weighted by Gasteiger charge is -2.43. The number of aliphatic carboxylic acids is 1. The first-order valence-corrected chi connectivity index (χ1v) is 11.8. The summed E-state index contributed by atoms with van der Waals surface area (Å²) in [6.07, 6.45) is 0. The molecule has 0 fully saturated rings. The SMILES string of the molecule is Cc1cc([N+](=O)[O-])cc(C)c1OC(=O)C1(C(=O)O)c2ccccc2-c2ccccc2N1C.O=S(=O)(O)F. The first-order chi connectivity index (χ1) is 17.2. The monoisotopic (exact) mass is 532 g/mol. The molecule has 1 heterocycles. The fraction of sp³-hybridized carbons (Fsp3) is 0.167. The largest absolute Gasteiger partial charge is 0.479 e. The molecule has 0 aromatic heterocycles. The molecule has 2 N–H and O–H groups in total. The molecule has 0 radical (unpaired) electrons. The number of aryl methyl sites for hydroxylation is 2. The number of fused-ring (bicyclic) bond motifs is 3. The second kappa shape index (κ2) is 9.95. The van der Waals surface area contributed by atoms with Crippen LogP contribution in [0.2, 0.25) is 0 Å². The van der Waals surface area contributed by atoms with Crippen molar-refractivity contribution in [1.82, 2.24) is 0 Å². The van der Waals surface area contributed by atoms with Crippen LogP contribution in [0.15, 0.2) is 60.7 Å². The van der Waals surface area contributed by atoms with Gasteiger partial charge in [-0.1, -0.05) is 46.4 Å². The molecule has 0 saturated heterocycles. The minimum absolute atomic E-state index is 0.103. The molecule has 1 unspecified atom stereocenters. The Hall–Kier alpha value is -4.36. The molecular weight excluding hydrogens is 511 g/mol. The Balaban J connectivity index is 0.000000695. The van der Waals surface area contributed by atoms with Gasteiger partial charge in [-0.3, -0.25) is 14.7 Å². The van der Waals surface area contributed by atoms with Crippen LogP contribution >= 0.6 is 0 Å². The number of para-hydroxylation sites is 1. The van der Waals surface area contributed by atoms with Crippen molar-refractivity contribution in [2.24, 2.45) is 0 Å². The number of ether oxygens (including phenoxy) is 1. The summed E-state index contributed by atoms with van der Waals surface area (Å²) in [4.78, 5) is 38.4. The predicted octanol–water partition coefficient (Wildman–Crippen LogP) is 3.97. The van der Waals surface area contributed by atoms with E-state index in [0.717, 1.165) is 5.56 Å². The van der Waals surface area contributed by atoms with E-state index in [9.17, 15) is 28.7 Å². The van der Waals surface area contributed by atoms with E-state index in [1.165, 1.54) is 17.0 Å². The van der Waals surface area contributed by atoms with Gasteiger partial charge in [-0.25, -0.2) is 9.59 Å². The van der Waals surface area contributed by atoms with Gasteiger partial charge in [-0.2, -0.15) is 8.42 Å². The molecule has 11 nitrogen and oxygen atoms in total. The number of non-ortho nitro benzene ring substituents is 1. The Morgan fingerprint density at radius 1 is 1.03 bits per heavy atom. The molecule has 194 valence electrons. The van der Waals surface area contributed by atoms with Crippen molar-refractivity contribution < 1.29 is 41.2 Å². The molecule has 0 amide bonds. The number of rotatable bonds is 4. The number of esters is 1. The second-order valence-corrected chi connectivity index (χ2v) is 8.93. The molecule has 4 rings (SSSR count). The maximum atomic E-state index is 13.7. The highest BCUT2D eigenvalue weighted by molar-refractivity contribution is 7.80. The lowest BCUT2D eigenvalue weighted by atomic mass is 9.78. The Morgan fingerprint density at radius 3 is 2.03 bits per heavy atom. The number of nitrogens with zero attached hydrogens (tertiary/aromatic N) is 2. The van der Waals surface area contributed by atoms with Gasteiger partial charge in [0.15, 0.2) is 0 Å². The number of nitro groups is 1. The predicted molar refractivity (Wildman–Crippen MR) is 130 cm³/mol. The van der Waals surface area contributed by atoms with Gasteiger partial charge in [0.05, 0.1) is 4.92 Å². The molecule has 13 heteroatoms. The third kappa shape index (κ3) is 5.13. The van der Waals surface area contributed by atoms with E-state index in [4.69, 9.17) is 17.7 Å². The summed E-state index contributed by atoms with van der Waals surface area (Å²) in [5.74, 6) is -2.29. The molecule has 0 aliphatic carbocycles. The number of likely N-dealkylation sites (N-methyl/N-ethyl adjacent to an activating group) is 1. The van der Waals surface area contributed by atoms with E-state index in [2.05, 4.69) is 0 Å². The third-order valence-corrected chi connectivity index (χ3v) is 5.83. The Morgan fingerprint density at radius 2 is 1.51 bits per heavy atom. The quantitative estimate of drug-likeness (QED) is 0.0955. The molecule has 3 aromatic rings. The van der Waals surface area contributed by atoms with Crippen LogP contribution in [0.5, 0.6) is 5.75 Å². The fourth-order valence-electron chi connectivity index (χ4n) is 4.34. The van der Waals surface area contributed by atoms with Crippen molar-refractivity contribution in [2.75, 3.05) is 11.9 Å². The molecule has 0 spiro atoms. The first kappa shape index (κ1) is 27.2. The number of benzene rings is 3. The number of carboxylic acid groups (broad SMARTS) is 1. The fourth-order valence-corrected chi connectivity index (χ4v) is 4.34. The van der Waals surface area contributed by atoms with Crippen LogP contribution in [-0.2, 0) is 25.6 Å². The van der Waals surface area contributed by atoms with E-state index in [1.54, 1.807) is 57.3 Å². The van der Waals surface area contributed by atoms with E-state index in [0.29, 0.717) is 22.4 Å². The van der Waals surface area contributed by atoms with Crippen molar-refractivity contribution >= 4 is 33.8 Å². The molecule has 1 aliphatic heterocycles. The van der Waals surface area contributed by atoms with Crippen molar-refractivity contribution in [3.05, 3.63) is 87.5 Å². The van der Waals surface area contributed by atoms with Gasteiger partial charge in [-0.15, -0.1) is 0 Å². The van der Waals surface area contributed by atoms with Crippen molar-refractivity contribution in [3.8, 4) is 16.9 Å². The zero-order chi connectivity index (χ0) is 27.7. The topological polar surface area (TPSA) is 164 Å². The van der Waals surface area contributed by atoms with Crippen LogP contribution in [-0.4, -0.2) is 42.0 Å². The van der Waals surface area contributed by atoms with Gasteiger partial charge >= 0.3 is 22.4 Å². The number of carbonyl (C=O) groups is 2. The van der Waals surface area contributed by atoms with Gasteiger partial charge in [0.25, 0.3) is 11.2 Å². The smallest absolute Gasteiger partial charge is 0.435 e. The Labute approximate surface area is 210 Å². The standard InChI is InChI=1S/C24H20N2O6.FHO3S/c1-14-12-16(26(30)31)13-15(2)21(14)32-23(29)24(22(27)28)19-10-6-4-8-17(19)18-9-5-7-11-20(18)25(24)3;1-5(2,3)4/h4-13H,1-3H3,(H,27,28);(H,2,3,4). The molecule has 1 aliphatic rings. The molecule has 0 saturated carbocycles. The van der Waals surface area contributed by atoms with Crippen LogP contribution in [0, 0.1) is 24.0 Å². The highest BCUT2D eigenvalue weighted by Gasteiger charge is 2.57. The average molecular weight is 533 g/mol. The highest BCUT2D eigenvalue weighted by Crippen LogP contribution is 2.48. The number of hydrogen-bond acceptors (Lipinski definition) is 8. The number of nitro benzene ring substituents is 1. The third-order valence-electron chi connectivity index (χ3n) is 5.83. The summed E-state index contributed by atoms with van der Waals surface area (Å²) < 4.78 is 39.8. The van der Waals surface area contributed by atoms with Crippen LogP contribution in [0.25, 0.3) is 11.1 Å². The first-order valence-electron chi connectivity index (χ1n) is 10.5. The minimum atomic E-state index is -5.17. The highest BCUT2D eigenvalue weighted by atomic mass is 32.3. The molecule has 37 heavy (non-hydrogen) atoms. The Bertz CT molecular complexity index is 1490. The molecular formula is C24H21FN2O9S. The van der Waals surface area contributed by atoms with Gasteiger partial charge < -0.3 is 14.7 Å². The summed E-state index contributed by atoms with van der Waals surface area (Å²) in [6, 6.07) is 16.6. The number of carbonyl (C=O) groups excluding carboxylic acids is 1. The zero-order valence-electron chi connectivity index (χ0n) is 19.7. The van der Waals surface area contributed by atoms with Gasteiger partial charge in [0.1, 0.15) is 5.75 Å². The van der Waals surface area contributed by atoms with Crippen molar-refractivity contribution in [2.45, 2.75) is 19.4 Å². The zero-order valence-corrected chi connectivity index (χ0v) is 20.5. The van der Waals surface area contributed by atoms with E-state index < -0.39 is 32.9 Å². The van der Waals surface area contributed by atoms with E-state index >= 15 is 0 Å². The van der Waals surface area contributed by atoms with Gasteiger partial charge in [0.2, 0.25) is 0 Å². The second-order valence-electron chi connectivity index (χ2n) is 8.10. The maximum absolute atomic E-state index is 13.7. The minimum Gasteiger partial charge on any atom is -0.479 e. The summed E-state index contributed by atoms with van der Waals surface area (Å²) in [7, 11) is -3.63. The number of anilines is 1. The lowest BCUT2D eigenvalue weighted by molar-refractivity contribution is -0.385. The molecule has 3 aromatic carbocycles. The lowest BCUT2D eigenvalue weighted by Crippen LogP contribution is -2.59.